The summed E-state index contributed by atoms with van der Waals surface area (Å²) in [6.45, 7) is 10.2. The minimum Gasteiger partial charge on any atom is -0.384 e. The normalized spacial score (nSPS) is 23.3. The highest BCUT2D eigenvalue weighted by atomic mass is 19.1. The molecular formula is C17H21FN2. The number of nitrogens with zero attached hydrogens (tertiary/aromatic N) is 1. The summed E-state index contributed by atoms with van der Waals surface area (Å²) in [5.74, 6) is 0.380. The lowest BCUT2D eigenvalue weighted by molar-refractivity contribution is 0.208. The first-order valence-electron chi connectivity index (χ1n) is 7.25. The molecule has 0 bridgehead atoms. The molecule has 2 aliphatic rings. The molecule has 1 aliphatic heterocycles. The SMILES string of the molecule is C=CCN(CC=C)[C@@H]1Cc2c(F)ccc3c2[C@H](CN3)C1. The summed E-state index contributed by atoms with van der Waals surface area (Å²) in [4.78, 5) is 2.34. The van der Waals surface area contributed by atoms with Crippen LogP contribution in [0.15, 0.2) is 37.4 Å². The Bertz CT molecular complexity index is 528. The quantitative estimate of drug-likeness (QED) is 0.827. The van der Waals surface area contributed by atoms with Crippen LogP contribution in [-0.4, -0.2) is 30.6 Å². The maximum Gasteiger partial charge on any atom is 0.126 e. The van der Waals surface area contributed by atoms with E-state index in [-0.39, 0.29) is 5.82 Å². The topological polar surface area (TPSA) is 15.3 Å². The molecular weight excluding hydrogens is 251 g/mol. The molecule has 0 radical (unpaired) electrons. The Morgan fingerprint density at radius 2 is 2.05 bits per heavy atom. The Morgan fingerprint density at radius 1 is 1.30 bits per heavy atom. The van der Waals surface area contributed by atoms with Gasteiger partial charge in [0.1, 0.15) is 5.82 Å². The van der Waals surface area contributed by atoms with E-state index >= 15 is 0 Å². The van der Waals surface area contributed by atoms with Gasteiger partial charge < -0.3 is 5.32 Å². The number of nitrogens with one attached hydrogen (secondary N) is 1. The Kier molecular flexibility index (Phi) is 3.62. The van der Waals surface area contributed by atoms with E-state index < -0.39 is 0 Å². The molecule has 3 heteroatoms. The largest absolute Gasteiger partial charge is 0.384 e. The van der Waals surface area contributed by atoms with Crippen molar-refractivity contribution in [1.29, 1.82) is 0 Å². The first-order chi connectivity index (χ1) is 9.74. The Hall–Kier alpha value is -1.61. The average molecular weight is 272 g/mol. The van der Waals surface area contributed by atoms with Gasteiger partial charge >= 0.3 is 0 Å². The van der Waals surface area contributed by atoms with E-state index in [2.05, 4.69) is 23.4 Å². The second kappa shape index (κ2) is 5.41. The molecule has 1 aromatic rings. The van der Waals surface area contributed by atoms with E-state index in [1.165, 1.54) is 5.56 Å². The molecule has 1 N–H and O–H groups in total. The van der Waals surface area contributed by atoms with Crippen LogP contribution in [-0.2, 0) is 6.42 Å². The number of benzene rings is 1. The van der Waals surface area contributed by atoms with Crippen LogP contribution >= 0.6 is 0 Å². The van der Waals surface area contributed by atoms with Crippen LogP contribution in [0.25, 0.3) is 0 Å². The number of rotatable bonds is 5. The number of hydrogen-bond acceptors (Lipinski definition) is 2. The summed E-state index contributed by atoms with van der Waals surface area (Å²) in [7, 11) is 0. The van der Waals surface area contributed by atoms with Crippen LogP contribution in [0.1, 0.15) is 23.5 Å². The van der Waals surface area contributed by atoms with E-state index in [9.17, 15) is 4.39 Å². The zero-order chi connectivity index (χ0) is 14.1. The number of hydrogen-bond donors (Lipinski definition) is 1. The highest BCUT2D eigenvalue weighted by Crippen LogP contribution is 2.43. The van der Waals surface area contributed by atoms with Gasteiger partial charge in [-0.15, -0.1) is 13.2 Å². The third-order valence-electron chi connectivity index (χ3n) is 4.49. The smallest absolute Gasteiger partial charge is 0.126 e. The van der Waals surface area contributed by atoms with Gasteiger partial charge in [-0.25, -0.2) is 4.39 Å². The molecule has 1 heterocycles. The zero-order valence-corrected chi connectivity index (χ0v) is 11.7. The second-order valence-electron chi connectivity index (χ2n) is 5.69. The van der Waals surface area contributed by atoms with E-state index in [0.717, 1.165) is 43.7 Å². The molecule has 0 amide bonds. The summed E-state index contributed by atoms with van der Waals surface area (Å²) in [6.07, 6.45) is 5.70. The molecule has 2 nitrogen and oxygen atoms in total. The fraction of sp³-hybridized carbons (Fsp3) is 0.412. The summed E-state index contributed by atoms with van der Waals surface area (Å²) in [5.41, 5.74) is 3.26. The van der Waals surface area contributed by atoms with E-state index in [0.29, 0.717) is 12.0 Å². The van der Waals surface area contributed by atoms with Crippen LogP contribution in [0.4, 0.5) is 10.1 Å². The molecule has 0 saturated heterocycles. The van der Waals surface area contributed by atoms with Crippen LogP contribution in [0, 0.1) is 5.82 Å². The summed E-state index contributed by atoms with van der Waals surface area (Å²) >= 11 is 0. The third-order valence-corrected chi connectivity index (χ3v) is 4.49. The average Bonchev–Trinajstić information content (AvgIpc) is 2.86. The van der Waals surface area contributed by atoms with Crippen molar-refractivity contribution >= 4 is 5.69 Å². The van der Waals surface area contributed by atoms with Gasteiger partial charge in [0, 0.05) is 37.3 Å². The maximum atomic E-state index is 14.2. The van der Waals surface area contributed by atoms with Crippen molar-refractivity contribution < 1.29 is 4.39 Å². The number of halogens is 1. The van der Waals surface area contributed by atoms with Crippen molar-refractivity contribution in [2.75, 3.05) is 25.0 Å². The molecule has 0 unspecified atom stereocenters. The lowest BCUT2D eigenvalue weighted by Crippen LogP contribution is -2.41. The van der Waals surface area contributed by atoms with Gasteiger partial charge in [0.15, 0.2) is 0 Å². The van der Waals surface area contributed by atoms with E-state index in [1.807, 2.05) is 18.2 Å². The highest BCUT2D eigenvalue weighted by molar-refractivity contribution is 5.62. The van der Waals surface area contributed by atoms with Gasteiger partial charge in [0.05, 0.1) is 0 Å². The fourth-order valence-electron chi connectivity index (χ4n) is 3.63. The van der Waals surface area contributed by atoms with Gasteiger partial charge in [-0.05, 0) is 36.1 Å². The number of anilines is 1. The lowest BCUT2D eigenvalue weighted by atomic mass is 9.80. The van der Waals surface area contributed by atoms with Gasteiger partial charge in [-0.2, -0.15) is 0 Å². The fourth-order valence-corrected chi connectivity index (χ4v) is 3.63. The van der Waals surface area contributed by atoms with Crippen LogP contribution in [0.3, 0.4) is 0 Å². The van der Waals surface area contributed by atoms with Gasteiger partial charge in [-0.3, -0.25) is 4.90 Å². The van der Waals surface area contributed by atoms with E-state index in [4.69, 9.17) is 0 Å². The predicted molar refractivity (Wildman–Crippen MR) is 81.7 cm³/mol. The van der Waals surface area contributed by atoms with Crippen LogP contribution < -0.4 is 5.32 Å². The summed E-state index contributed by atoms with van der Waals surface area (Å²) in [5, 5.41) is 3.41. The van der Waals surface area contributed by atoms with Crippen molar-refractivity contribution in [3.8, 4) is 0 Å². The molecule has 0 aromatic heterocycles. The van der Waals surface area contributed by atoms with Crippen molar-refractivity contribution in [2.45, 2.75) is 24.8 Å². The lowest BCUT2D eigenvalue weighted by Gasteiger charge is -2.36. The Labute approximate surface area is 120 Å². The summed E-state index contributed by atoms with van der Waals surface area (Å²) in [6, 6.07) is 3.84. The molecule has 1 aromatic carbocycles. The zero-order valence-electron chi connectivity index (χ0n) is 11.7. The molecule has 0 spiro atoms. The molecule has 3 rings (SSSR count). The highest BCUT2D eigenvalue weighted by Gasteiger charge is 2.36. The molecule has 1 aliphatic carbocycles. The first kappa shape index (κ1) is 13.4. The van der Waals surface area contributed by atoms with Crippen molar-refractivity contribution in [3.05, 3.63) is 54.4 Å². The minimum absolute atomic E-state index is 0.0562. The van der Waals surface area contributed by atoms with Gasteiger partial charge in [0.25, 0.3) is 0 Å². The maximum absolute atomic E-state index is 14.2. The van der Waals surface area contributed by atoms with Crippen molar-refractivity contribution in [3.63, 3.8) is 0 Å². The van der Waals surface area contributed by atoms with Gasteiger partial charge in [-0.1, -0.05) is 12.2 Å². The first-order valence-corrected chi connectivity index (χ1v) is 7.25. The standard InChI is InChI=1S/C17H21FN2/c1-3-7-20(8-4-2)13-9-12-11-19-16-6-5-15(18)14(10-13)17(12)16/h3-6,12-13,19H,1-2,7-11H2/t12-,13-/m0/s1. The van der Waals surface area contributed by atoms with E-state index in [1.54, 1.807) is 6.07 Å². The van der Waals surface area contributed by atoms with Crippen molar-refractivity contribution in [1.82, 2.24) is 4.90 Å². The molecule has 0 fully saturated rings. The minimum atomic E-state index is -0.0562. The summed E-state index contributed by atoms with van der Waals surface area (Å²) < 4.78 is 14.2. The predicted octanol–water partition coefficient (Wildman–Crippen LogP) is 3.32. The van der Waals surface area contributed by atoms with Gasteiger partial charge in [0.2, 0.25) is 0 Å². The molecule has 2 atom stereocenters. The monoisotopic (exact) mass is 272 g/mol. The van der Waals surface area contributed by atoms with Crippen molar-refractivity contribution in [2.24, 2.45) is 0 Å². The molecule has 0 saturated carbocycles. The third kappa shape index (κ3) is 2.16. The second-order valence-corrected chi connectivity index (χ2v) is 5.69. The van der Waals surface area contributed by atoms with Crippen LogP contribution in [0.5, 0.6) is 0 Å². The van der Waals surface area contributed by atoms with Crippen LogP contribution in [0.2, 0.25) is 0 Å². The Morgan fingerprint density at radius 3 is 2.75 bits per heavy atom. The Balaban J connectivity index is 1.91. The molecule has 20 heavy (non-hydrogen) atoms. The molecule has 106 valence electrons.